The number of carbonyl (C=O) groups excluding carboxylic acids is 2. The molecular weight excluding hydrogens is 236 g/mol. The summed E-state index contributed by atoms with van der Waals surface area (Å²) in [6.07, 6.45) is 0.217. The van der Waals surface area contributed by atoms with Crippen molar-refractivity contribution in [2.45, 2.75) is 19.4 Å². The first-order valence-corrected chi connectivity index (χ1v) is 5.67. The van der Waals surface area contributed by atoms with E-state index in [0.717, 1.165) is 10.5 Å². The van der Waals surface area contributed by atoms with Crippen LogP contribution in [0.15, 0.2) is 24.3 Å². The molecule has 1 atom stereocenters. The lowest BCUT2D eigenvalue weighted by atomic mass is 9.97. The SMILES string of the molecule is CC(C(N)=S)N1C(=O)Cc2ccccc2C1=O. The minimum absolute atomic E-state index is 0.145. The summed E-state index contributed by atoms with van der Waals surface area (Å²) in [6.45, 7) is 1.66. The highest BCUT2D eigenvalue weighted by Gasteiger charge is 2.34. The molecule has 4 nitrogen and oxygen atoms in total. The molecule has 2 amide bonds. The Balaban J connectivity index is 2.43. The Morgan fingerprint density at radius 3 is 2.71 bits per heavy atom. The number of carbonyl (C=O) groups is 2. The smallest absolute Gasteiger partial charge is 0.261 e. The van der Waals surface area contributed by atoms with Gasteiger partial charge in [0.1, 0.15) is 0 Å². The molecule has 0 aromatic heterocycles. The van der Waals surface area contributed by atoms with Gasteiger partial charge in [-0.25, -0.2) is 0 Å². The molecule has 88 valence electrons. The van der Waals surface area contributed by atoms with Crippen LogP contribution in [0.3, 0.4) is 0 Å². The zero-order valence-corrected chi connectivity index (χ0v) is 10.2. The van der Waals surface area contributed by atoms with Crippen LogP contribution < -0.4 is 5.73 Å². The topological polar surface area (TPSA) is 63.4 Å². The predicted molar refractivity (Wildman–Crippen MR) is 67.6 cm³/mol. The third-order valence-corrected chi connectivity index (χ3v) is 3.22. The van der Waals surface area contributed by atoms with Gasteiger partial charge in [-0.15, -0.1) is 0 Å². The highest BCUT2D eigenvalue weighted by atomic mass is 32.1. The molecule has 0 spiro atoms. The zero-order chi connectivity index (χ0) is 12.6. The van der Waals surface area contributed by atoms with Gasteiger partial charge in [0.2, 0.25) is 5.91 Å². The van der Waals surface area contributed by atoms with E-state index in [0.29, 0.717) is 5.56 Å². The van der Waals surface area contributed by atoms with Crippen LogP contribution in [0.25, 0.3) is 0 Å². The van der Waals surface area contributed by atoms with E-state index in [1.54, 1.807) is 25.1 Å². The molecular formula is C12H12N2O2S. The molecule has 0 fully saturated rings. The Morgan fingerprint density at radius 1 is 1.41 bits per heavy atom. The van der Waals surface area contributed by atoms with Crippen molar-refractivity contribution >= 4 is 29.0 Å². The maximum Gasteiger partial charge on any atom is 0.261 e. The number of nitrogens with zero attached hydrogens (tertiary/aromatic N) is 1. The fourth-order valence-electron chi connectivity index (χ4n) is 1.89. The number of hydrogen-bond acceptors (Lipinski definition) is 3. The Kier molecular flexibility index (Phi) is 2.93. The lowest BCUT2D eigenvalue weighted by Gasteiger charge is -2.31. The van der Waals surface area contributed by atoms with Crippen molar-refractivity contribution < 1.29 is 9.59 Å². The number of amides is 2. The molecule has 0 aliphatic carbocycles. The van der Waals surface area contributed by atoms with E-state index in [4.69, 9.17) is 18.0 Å². The number of imide groups is 1. The van der Waals surface area contributed by atoms with Gasteiger partial charge in [-0.1, -0.05) is 30.4 Å². The summed E-state index contributed by atoms with van der Waals surface area (Å²) in [4.78, 5) is 25.4. The quantitative estimate of drug-likeness (QED) is 0.623. The molecule has 1 unspecified atom stereocenters. The van der Waals surface area contributed by atoms with Gasteiger partial charge in [0.05, 0.1) is 17.5 Å². The van der Waals surface area contributed by atoms with Crippen molar-refractivity contribution in [2.75, 3.05) is 0 Å². The van der Waals surface area contributed by atoms with Crippen molar-refractivity contribution in [1.29, 1.82) is 0 Å². The zero-order valence-electron chi connectivity index (χ0n) is 9.34. The van der Waals surface area contributed by atoms with Crippen molar-refractivity contribution in [1.82, 2.24) is 4.90 Å². The van der Waals surface area contributed by atoms with Gasteiger partial charge in [-0.2, -0.15) is 0 Å². The van der Waals surface area contributed by atoms with Crippen LogP contribution >= 0.6 is 12.2 Å². The summed E-state index contributed by atoms with van der Waals surface area (Å²) < 4.78 is 0. The highest BCUT2D eigenvalue weighted by Crippen LogP contribution is 2.21. The van der Waals surface area contributed by atoms with Gasteiger partial charge < -0.3 is 5.73 Å². The molecule has 2 N–H and O–H groups in total. The Bertz CT molecular complexity index is 513. The van der Waals surface area contributed by atoms with Crippen LogP contribution in [0, 0.1) is 0 Å². The van der Waals surface area contributed by atoms with Crippen LogP contribution in [0.2, 0.25) is 0 Å². The lowest BCUT2D eigenvalue weighted by Crippen LogP contribution is -2.51. The fraction of sp³-hybridized carbons (Fsp3) is 0.250. The molecule has 1 aliphatic heterocycles. The average molecular weight is 248 g/mol. The maximum atomic E-state index is 12.2. The van der Waals surface area contributed by atoms with Gasteiger partial charge in [-0.05, 0) is 18.6 Å². The third kappa shape index (κ3) is 1.93. The summed E-state index contributed by atoms with van der Waals surface area (Å²) in [5.41, 5.74) is 6.81. The summed E-state index contributed by atoms with van der Waals surface area (Å²) >= 11 is 4.84. The lowest BCUT2D eigenvalue weighted by molar-refractivity contribution is -0.129. The summed E-state index contributed by atoms with van der Waals surface area (Å²) in [5, 5.41) is 0. The van der Waals surface area contributed by atoms with Crippen LogP contribution in [0.5, 0.6) is 0 Å². The van der Waals surface area contributed by atoms with Gasteiger partial charge in [0, 0.05) is 5.56 Å². The molecule has 0 bridgehead atoms. The fourth-order valence-corrected chi connectivity index (χ4v) is 2.00. The first-order valence-electron chi connectivity index (χ1n) is 5.26. The number of nitrogens with two attached hydrogens (primary N) is 1. The minimum Gasteiger partial charge on any atom is -0.392 e. The molecule has 1 heterocycles. The van der Waals surface area contributed by atoms with Crippen LogP contribution in [-0.2, 0) is 11.2 Å². The largest absolute Gasteiger partial charge is 0.392 e. The normalized spacial score (nSPS) is 16.6. The van der Waals surface area contributed by atoms with Crippen molar-refractivity contribution in [3.05, 3.63) is 35.4 Å². The van der Waals surface area contributed by atoms with E-state index in [1.165, 1.54) is 0 Å². The number of thiocarbonyl (C=S) groups is 1. The molecule has 1 aromatic carbocycles. The second kappa shape index (κ2) is 4.25. The number of benzene rings is 1. The minimum atomic E-state index is -0.543. The standard InChI is InChI=1S/C12H12N2O2S/c1-7(11(13)17)14-10(15)6-8-4-2-3-5-9(8)12(14)16/h2-5,7H,6H2,1H3,(H2,13,17). The summed E-state index contributed by atoms with van der Waals surface area (Å²) in [5.74, 6) is -0.578. The molecule has 0 radical (unpaired) electrons. The van der Waals surface area contributed by atoms with Crippen molar-refractivity contribution in [3.63, 3.8) is 0 Å². The van der Waals surface area contributed by atoms with E-state index in [2.05, 4.69) is 0 Å². The Labute approximate surface area is 104 Å². The first kappa shape index (κ1) is 11.7. The highest BCUT2D eigenvalue weighted by molar-refractivity contribution is 7.80. The van der Waals surface area contributed by atoms with Crippen LogP contribution in [0.1, 0.15) is 22.8 Å². The Hall–Kier alpha value is -1.75. The first-order chi connectivity index (χ1) is 8.02. The van der Waals surface area contributed by atoms with Crippen LogP contribution in [0.4, 0.5) is 0 Å². The van der Waals surface area contributed by atoms with Gasteiger partial charge >= 0.3 is 0 Å². The third-order valence-electron chi connectivity index (χ3n) is 2.88. The van der Waals surface area contributed by atoms with E-state index >= 15 is 0 Å². The van der Waals surface area contributed by atoms with Crippen molar-refractivity contribution in [3.8, 4) is 0 Å². The van der Waals surface area contributed by atoms with E-state index in [9.17, 15) is 9.59 Å². The molecule has 2 rings (SSSR count). The molecule has 1 aromatic rings. The second-order valence-electron chi connectivity index (χ2n) is 3.98. The van der Waals surface area contributed by atoms with Gasteiger partial charge in [-0.3, -0.25) is 14.5 Å². The van der Waals surface area contributed by atoms with E-state index < -0.39 is 6.04 Å². The second-order valence-corrected chi connectivity index (χ2v) is 4.45. The predicted octanol–water partition coefficient (Wildman–Crippen LogP) is 0.886. The monoisotopic (exact) mass is 248 g/mol. The molecule has 0 saturated heterocycles. The average Bonchev–Trinajstić information content (AvgIpc) is 2.28. The van der Waals surface area contributed by atoms with E-state index in [-0.39, 0.29) is 23.2 Å². The molecule has 17 heavy (non-hydrogen) atoms. The van der Waals surface area contributed by atoms with Gasteiger partial charge in [0.25, 0.3) is 5.91 Å². The number of hydrogen-bond donors (Lipinski definition) is 1. The molecule has 5 heteroatoms. The Morgan fingerprint density at radius 2 is 2.06 bits per heavy atom. The molecule has 1 aliphatic rings. The van der Waals surface area contributed by atoms with Crippen LogP contribution in [-0.4, -0.2) is 27.7 Å². The summed E-state index contributed by atoms with van der Waals surface area (Å²) in [6, 6.07) is 6.54. The number of rotatable bonds is 2. The molecule has 0 saturated carbocycles. The maximum absolute atomic E-state index is 12.2. The van der Waals surface area contributed by atoms with Crippen molar-refractivity contribution in [2.24, 2.45) is 5.73 Å². The van der Waals surface area contributed by atoms with E-state index in [1.807, 2.05) is 6.07 Å². The number of fused-ring (bicyclic) bond motifs is 1. The van der Waals surface area contributed by atoms with Gasteiger partial charge in [0.15, 0.2) is 0 Å². The summed E-state index contributed by atoms with van der Waals surface area (Å²) in [7, 11) is 0.